The van der Waals surface area contributed by atoms with Crippen molar-refractivity contribution in [1.29, 1.82) is 0 Å². The van der Waals surface area contributed by atoms with E-state index in [1.54, 1.807) is 0 Å². The SMILES string of the molecule is C=Cc1cc(C=C)cc(-c2c(F)c(F)c([B-](c3c(F)c(F)c(C(F)(F)F)c(F)c3F)(c3c(F)c(F)c(C(F)(F)F)c(F)c3F)c3c(F)c(F)c(C(F)(F)F)c(F)c3F)c(F)c2F)c1. The van der Waals surface area contributed by atoms with Crippen molar-refractivity contribution in [2.45, 2.75) is 18.5 Å². The minimum atomic E-state index is -7.90. The summed E-state index contributed by atoms with van der Waals surface area (Å²) in [5.41, 5.74) is -31.8. The Balaban J connectivity index is 2.36. The molecule has 0 aromatic heterocycles. The summed E-state index contributed by atoms with van der Waals surface area (Å²) >= 11 is 0. The van der Waals surface area contributed by atoms with E-state index in [1.165, 1.54) is 0 Å². The first-order valence-corrected chi connectivity index (χ1v) is 16.0. The first-order chi connectivity index (χ1) is 28.8. The predicted octanol–water partition coefficient (Wildman–Crippen LogP) is 11.3. The molecular weight excluding hydrogens is 930 g/mol. The average Bonchev–Trinajstić information content (AvgIpc) is 3.16. The number of alkyl halides is 9. The summed E-state index contributed by atoms with van der Waals surface area (Å²) in [7, 11) is 0. The molecule has 0 bridgehead atoms. The molecule has 0 saturated heterocycles. The van der Waals surface area contributed by atoms with E-state index in [9.17, 15) is 39.5 Å². The van der Waals surface area contributed by atoms with Crippen LogP contribution in [0.5, 0.6) is 0 Å². The van der Waals surface area contributed by atoms with E-state index in [4.69, 9.17) is 0 Å². The van der Waals surface area contributed by atoms with Crippen molar-refractivity contribution in [2.24, 2.45) is 0 Å². The summed E-state index contributed by atoms with van der Waals surface area (Å²) in [5, 5.41) is 0. The molecule has 0 nitrogen and oxygen atoms in total. The van der Waals surface area contributed by atoms with Gasteiger partial charge in [-0.3, -0.25) is 0 Å². The Morgan fingerprint density at radius 1 is 0.317 bits per heavy atom. The van der Waals surface area contributed by atoms with Gasteiger partial charge in [0.2, 0.25) is 0 Å². The summed E-state index contributed by atoms with van der Waals surface area (Å²) in [5.74, 6) is -64.5. The molecule has 0 unspecified atom stereocenters. The highest BCUT2D eigenvalue weighted by Gasteiger charge is 2.55. The normalized spacial score (nSPS) is 12.7. The fourth-order valence-electron chi connectivity index (χ4n) is 7.04. The van der Waals surface area contributed by atoms with Gasteiger partial charge in [0.05, 0.1) is 5.56 Å². The lowest BCUT2D eigenvalue weighted by Crippen LogP contribution is -2.81. The number of rotatable bonds is 7. The molecule has 26 heteroatoms. The van der Waals surface area contributed by atoms with Crippen LogP contribution in [0.2, 0.25) is 0 Å². The van der Waals surface area contributed by atoms with Crippen molar-refractivity contribution in [3.63, 3.8) is 0 Å². The molecule has 5 rings (SSSR count). The number of benzene rings is 5. The Morgan fingerprint density at radius 3 is 0.714 bits per heavy atom. The third-order valence-corrected chi connectivity index (χ3v) is 9.51. The largest absolute Gasteiger partial charge is 0.422 e. The van der Waals surface area contributed by atoms with Gasteiger partial charge in [0, 0.05) is 0 Å². The first kappa shape index (κ1) is 47.9. The fourth-order valence-corrected chi connectivity index (χ4v) is 7.04. The zero-order valence-electron chi connectivity index (χ0n) is 29.3. The lowest BCUT2D eigenvalue weighted by molar-refractivity contribution is -0.144. The zero-order valence-corrected chi connectivity index (χ0v) is 29.3. The van der Waals surface area contributed by atoms with Gasteiger partial charge in [-0.05, 0) is 34.9 Å². The van der Waals surface area contributed by atoms with Crippen LogP contribution >= 0.6 is 0 Å². The van der Waals surface area contributed by atoms with Crippen molar-refractivity contribution in [1.82, 2.24) is 0 Å². The van der Waals surface area contributed by atoms with E-state index in [2.05, 4.69) is 13.2 Å². The van der Waals surface area contributed by atoms with Crippen LogP contribution in [0, 0.1) is 93.1 Å². The van der Waals surface area contributed by atoms with E-state index in [0.717, 1.165) is 18.2 Å². The standard InChI is InChI=1S/C37H9BF25/c1-3-8-5-9(4-2)7-10(6-8)11-19(39)27(47)15(28(48)20(11)40)38(16-29(49)21(41)12(35(55,56)57)22(42)30(16)50,17-31(51)23(43)13(36(58,59)60)24(44)32(17)52)18-33(53)25(45)14(37(61,62)63)26(46)34(18)54/h3-7H,1-2H2/q-1. The molecule has 0 radical (unpaired) electrons. The maximum absolute atomic E-state index is 16.9. The third-order valence-electron chi connectivity index (χ3n) is 9.51. The van der Waals surface area contributed by atoms with E-state index in [0.29, 0.717) is 12.1 Å². The third kappa shape index (κ3) is 7.04. The lowest BCUT2D eigenvalue weighted by atomic mass is 9.12. The topological polar surface area (TPSA) is 0 Å². The van der Waals surface area contributed by atoms with E-state index in [1.807, 2.05) is 0 Å². The van der Waals surface area contributed by atoms with Gasteiger partial charge in [0.1, 0.15) is 69.4 Å². The van der Waals surface area contributed by atoms with Gasteiger partial charge in [-0.25, -0.2) is 70.2 Å². The molecule has 0 spiro atoms. The van der Waals surface area contributed by atoms with Crippen molar-refractivity contribution < 1.29 is 110 Å². The average molecular weight is 939 g/mol. The van der Waals surface area contributed by atoms with Crippen LogP contribution in [0.3, 0.4) is 0 Å². The molecule has 0 fully saturated rings. The monoisotopic (exact) mass is 939 g/mol. The van der Waals surface area contributed by atoms with Crippen LogP contribution in [-0.2, 0) is 18.5 Å². The Kier molecular flexibility index (Phi) is 11.9. The van der Waals surface area contributed by atoms with E-state index >= 15 is 70.2 Å². The molecule has 5 aromatic carbocycles. The molecule has 0 aliphatic rings. The van der Waals surface area contributed by atoms with Crippen LogP contribution in [0.1, 0.15) is 27.8 Å². The van der Waals surface area contributed by atoms with Gasteiger partial charge in [-0.1, -0.05) is 25.3 Å². The Morgan fingerprint density at radius 2 is 0.524 bits per heavy atom. The highest BCUT2D eigenvalue weighted by atomic mass is 19.4. The minimum Gasteiger partial charge on any atom is -0.207 e. The molecule has 0 aliphatic carbocycles. The zero-order chi connectivity index (χ0) is 48.1. The van der Waals surface area contributed by atoms with E-state index < -0.39 is 167 Å². The maximum atomic E-state index is 16.9. The van der Waals surface area contributed by atoms with Crippen LogP contribution in [0.25, 0.3) is 23.3 Å². The number of halogens is 25. The van der Waals surface area contributed by atoms with Crippen molar-refractivity contribution in [2.75, 3.05) is 0 Å². The summed E-state index contributed by atoms with van der Waals surface area (Å²) in [6, 6.07) is 2.10. The molecule has 0 heterocycles. The highest BCUT2D eigenvalue weighted by molar-refractivity contribution is 7.20. The summed E-state index contributed by atoms with van der Waals surface area (Å²) in [4.78, 5) is 0. The van der Waals surface area contributed by atoms with Crippen LogP contribution in [0.4, 0.5) is 110 Å². The van der Waals surface area contributed by atoms with Crippen molar-refractivity contribution in [3.05, 3.63) is 152 Å². The molecule has 63 heavy (non-hydrogen) atoms. The molecule has 5 aromatic rings. The molecule has 0 atom stereocenters. The van der Waals surface area contributed by atoms with Gasteiger partial charge < -0.3 is 0 Å². The first-order valence-electron chi connectivity index (χ1n) is 16.0. The van der Waals surface area contributed by atoms with Gasteiger partial charge in [-0.2, -0.15) is 39.5 Å². The number of hydrogen-bond donors (Lipinski definition) is 0. The van der Waals surface area contributed by atoms with Crippen molar-refractivity contribution >= 4 is 40.1 Å². The van der Waals surface area contributed by atoms with Gasteiger partial charge in [-0.15, -0.1) is 21.9 Å². The van der Waals surface area contributed by atoms with Gasteiger partial charge in [0.25, 0.3) is 0 Å². The number of hydrogen-bond acceptors (Lipinski definition) is 0. The van der Waals surface area contributed by atoms with Crippen LogP contribution in [-0.4, -0.2) is 6.15 Å². The second-order valence-electron chi connectivity index (χ2n) is 12.8. The molecular formula is C37H9BF25-. The predicted molar refractivity (Wildman–Crippen MR) is 170 cm³/mol. The van der Waals surface area contributed by atoms with E-state index in [-0.39, 0.29) is 11.1 Å². The summed E-state index contributed by atoms with van der Waals surface area (Å²) < 4.78 is 380. The Bertz CT molecular complexity index is 2460. The second-order valence-corrected chi connectivity index (χ2v) is 12.8. The molecule has 0 saturated carbocycles. The van der Waals surface area contributed by atoms with Gasteiger partial charge >= 0.3 is 18.5 Å². The Hall–Kier alpha value is -6.11. The fraction of sp³-hybridized carbons (Fsp3) is 0.0811. The summed E-state index contributed by atoms with van der Waals surface area (Å²) in [6.07, 6.45) is -26.6. The molecule has 0 aliphatic heterocycles. The van der Waals surface area contributed by atoms with Crippen LogP contribution < -0.4 is 21.9 Å². The summed E-state index contributed by atoms with van der Waals surface area (Å²) in [6.45, 7) is 6.50. The molecule has 0 N–H and O–H groups in total. The van der Waals surface area contributed by atoms with Crippen molar-refractivity contribution in [3.8, 4) is 11.1 Å². The smallest absolute Gasteiger partial charge is 0.207 e. The lowest BCUT2D eigenvalue weighted by Gasteiger charge is -2.45. The molecule has 0 amide bonds. The second kappa shape index (κ2) is 15.6. The quantitative estimate of drug-likeness (QED) is 0.0867. The minimum absolute atomic E-state index is 0.288. The Labute approximate surface area is 332 Å². The maximum Gasteiger partial charge on any atom is 0.422 e. The molecule has 336 valence electrons. The van der Waals surface area contributed by atoms with Gasteiger partial charge in [0.15, 0.2) is 46.5 Å². The highest BCUT2D eigenvalue weighted by Crippen LogP contribution is 2.41. The van der Waals surface area contributed by atoms with Crippen LogP contribution in [0.15, 0.2) is 31.4 Å².